The van der Waals surface area contributed by atoms with Crippen molar-refractivity contribution in [1.29, 1.82) is 0 Å². The van der Waals surface area contributed by atoms with E-state index in [0.717, 1.165) is 37.2 Å². The molecule has 0 atom stereocenters. The zero-order chi connectivity index (χ0) is 15.8. The molecule has 4 aromatic rings. The third-order valence-electron chi connectivity index (χ3n) is 3.67. The standard InChI is InChI=1S/C17H12ClN3OS/c1-22-11-4-2-10(3-5-11)16-15-12(13-6-7-14(18)23-13)8-9-19-17(15)21-20-16/h2-9H,1H3,(H,19,20,21). The zero-order valence-corrected chi connectivity index (χ0v) is 13.8. The van der Waals surface area contributed by atoms with Crippen molar-refractivity contribution >= 4 is 34.0 Å². The molecule has 0 unspecified atom stereocenters. The number of H-pyrrole nitrogens is 1. The van der Waals surface area contributed by atoms with Gasteiger partial charge in [-0.15, -0.1) is 11.3 Å². The first-order valence-electron chi connectivity index (χ1n) is 6.99. The summed E-state index contributed by atoms with van der Waals surface area (Å²) in [6, 6.07) is 13.8. The molecule has 0 aliphatic carbocycles. The molecule has 0 spiro atoms. The lowest BCUT2D eigenvalue weighted by Crippen LogP contribution is -1.85. The van der Waals surface area contributed by atoms with Gasteiger partial charge in [0.15, 0.2) is 5.65 Å². The molecule has 6 heteroatoms. The summed E-state index contributed by atoms with van der Waals surface area (Å²) in [4.78, 5) is 5.45. The Kier molecular flexibility index (Phi) is 3.52. The van der Waals surface area contributed by atoms with Crippen LogP contribution in [0.1, 0.15) is 0 Å². The van der Waals surface area contributed by atoms with Gasteiger partial charge >= 0.3 is 0 Å². The van der Waals surface area contributed by atoms with E-state index < -0.39 is 0 Å². The maximum atomic E-state index is 6.09. The lowest BCUT2D eigenvalue weighted by atomic mass is 10.0. The molecule has 0 saturated carbocycles. The molecule has 0 bridgehead atoms. The second-order valence-corrected chi connectivity index (χ2v) is 6.70. The quantitative estimate of drug-likeness (QED) is 0.569. The minimum absolute atomic E-state index is 0.692. The molecule has 4 rings (SSSR count). The number of aromatic nitrogens is 3. The topological polar surface area (TPSA) is 50.8 Å². The number of nitrogens with one attached hydrogen (secondary N) is 1. The highest BCUT2D eigenvalue weighted by Crippen LogP contribution is 2.38. The number of pyridine rings is 1. The Balaban J connectivity index is 1.93. The van der Waals surface area contributed by atoms with Crippen molar-refractivity contribution in [1.82, 2.24) is 15.2 Å². The highest BCUT2D eigenvalue weighted by Gasteiger charge is 2.15. The SMILES string of the molecule is COc1ccc(-c2[nH]nc3nccc(-c4ccc(Cl)s4)c23)cc1. The second-order valence-electron chi connectivity index (χ2n) is 4.99. The summed E-state index contributed by atoms with van der Waals surface area (Å²) in [5.41, 5.74) is 3.74. The Labute approximate surface area is 141 Å². The van der Waals surface area contributed by atoms with Gasteiger partial charge < -0.3 is 4.74 Å². The van der Waals surface area contributed by atoms with E-state index in [1.165, 1.54) is 0 Å². The van der Waals surface area contributed by atoms with Crippen molar-refractivity contribution in [2.24, 2.45) is 0 Å². The van der Waals surface area contributed by atoms with Gasteiger partial charge in [-0.2, -0.15) is 5.10 Å². The first-order valence-corrected chi connectivity index (χ1v) is 8.19. The molecule has 1 N–H and O–H groups in total. The monoisotopic (exact) mass is 341 g/mol. The number of fused-ring (bicyclic) bond motifs is 1. The number of halogens is 1. The highest BCUT2D eigenvalue weighted by molar-refractivity contribution is 7.19. The molecular weight excluding hydrogens is 330 g/mol. The van der Waals surface area contributed by atoms with Gasteiger partial charge in [-0.1, -0.05) is 11.6 Å². The van der Waals surface area contributed by atoms with Gasteiger partial charge in [0.25, 0.3) is 0 Å². The van der Waals surface area contributed by atoms with Gasteiger partial charge in [-0.3, -0.25) is 5.10 Å². The second kappa shape index (κ2) is 5.68. The lowest BCUT2D eigenvalue weighted by molar-refractivity contribution is 0.415. The van der Waals surface area contributed by atoms with Crippen LogP contribution in [0.2, 0.25) is 4.34 Å². The Hall–Kier alpha value is -2.37. The summed E-state index contributed by atoms with van der Waals surface area (Å²) >= 11 is 7.64. The van der Waals surface area contributed by atoms with Crippen LogP contribution in [-0.4, -0.2) is 22.3 Å². The zero-order valence-electron chi connectivity index (χ0n) is 12.2. The van der Waals surface area contributed by atoms with Gasteiger partial charge in [0.2, 0.25) is 0 Å². The van der Waals surface area contributed by atoms with E-state index in [-0.39, 0.29) is 0 Å². The lowest BCUT2D eigenvalue weighted by Gasteiger charge is -2.04. The van der Waals surface area contributed by atoms with Crippen LogP contribution < -0.4 is 4.74 Å². The molecule has 0 saturated heterocycles. The maximum Gasteiger partial charge on any atom is 0.182 e. The predicted molar refractivity (Wildman–Crippen MR) is 94.2 cm³/mol. The molecule has 3 aromatic heterocycles. The normalized spacial score (nSPS) is 11.0. The van der Waals surface area contributed by atoms with Crippen LogP contribution in [-0.2, 0) is 0 Å². The van der Waals surface area contributed by atoms with Crippen molar-refractivity contribution in [3.8, 4) is 27.4 Å². The van der Waals surface area contributed by atoms with E-state index in [2.05, 4.69) is 15.2 Å². The first-order chi connectivity index (χ1) is 11.3. The number of hydrogen-bond donors (Lipinski definition) is 1. The Bertz CT molecular complexity index is 975. The van der Waals surface area contributed by atoms with Gasteiger partial charge in [0, 0.05) is 22.2 Å². The molecular formula is C17H12ClN3OS. The molecule has 0 aliphatic rings. The third-order valence-corrected chi connectivity index (χ3v) is 4.94. The minimum Gasteiger partial charge on any atom is -0.497 e. The summed E-state index contributed by atoms with van der Waals surface area (Å²) in [6.45, 7) is 0. The molecule has 0 amide bonds. The average molecular weight is 342 g/mol. The van der Waals surface area contributed by atoms with Crippen molar-refractivity contribution in [3.05, 3.63) is 53.0 Å². The number of ether oxygens (including phenoxy) is 1. The third kappa shape index (κ3) is 2.48. The number of benzene rings is 1. The molecule has 0 aliphatic heterocycles. The van der Waals surface area contributed by atoms with Crippen molar-refractivity contribution in [3.63, 3.8) is 0 Å². The summed E-state index contributed by atoms with van der Waals surface area (Å²) in [5.74, 6) is 0.820. The van der Waals surface area contributed by atoms with Crippen LogP contribution in [0.5, 0.6) is 5.75 Å². The van der Waals surface area contributed by atoms with E-state index in [9.17, 15) is 0 Å². The molecule has 0 radical (unpaired) electrons. The smallest absolute Gasteiger partial charge is 0.182 e. The fourth-order valence-electron chi connectivity index (χ4n) is 2.58. The summed E-state index contributed by atoms with van der Waals surface area (Å²) in [5, 5.41) is 8.43. The molecule has 4 nitrogen and oxygen atoms in total. The predicted octanol–water partition coefficient (Wildman–Crippen LogP) is 5.02. The van der Waals surface area contributed by atoms with Crippen molar-refractivity contribution in [2.45, 2.75) is 0 Å². The number of nitrogens with zero attached hydrogens (tertiary/aromatic N) is 2. The van der Waals surface area contributed by atoms with E-state index >= 15 is 0 Å². The molecule has 114 valence electrons. The highest BCUT2D eigenvalue weighted by atomic mass is 35.5. The van der Waals surface area contributed by atoms with E-state index in [4.69, 9.17) is 16.3 Å². The van der Waals surface area contributed by atoms with Gasteiger partial charge in [-0.05, 0) is 42.5 Å². The van der Waals surface area contributed by atoms with Crippen LogP contribution in [0.3, 0.4) is 0 Å². The molecule has 3 heterocycles. The van der Waals surface area contributed by atoms with Crippen LogP contribution >= 0.6 is 22.9 Å². The van der Waals surface area contributed by atoms with Gasteiger partial charge in [0.1, 0.15) is 5.75 Å². The summed E-state index contributed by atoms with van der Waals surface area (Å²) in [6.07, 6.45) is 1.77. The molecule has 1 aromatic carbocycles. The minimum atomic E-state index is 0.692. The van der Waals surface area contributed by atoms with Crippen LogP contribution in [0.4, 0.5) is 0 Å². The van der Waals surface area contributed by atoms with E-state index in [0.29, 0.717) is 5.65 Å². The van der Waals surface area contributed by atoms with Gasteiger partial charge in [-0.25, -0.2) is 4.98 Å². The fourth-order valence-corrected chi connectivity index (χ4v) is 3.65. The number of aromatic amines is 1. The van der Waals surface area contributed by atoms with Crippen LogP contribution in [0, 0.1) is 0 Å². The van der Waals surface area contributed by atoms with E-state index in [1.54, 1.807) is 24.6 Å². The number of methoxy groups -OCH3 is 1. The Morgan fingerprint density at radius 3 is 2.61 bits per heavy atom. The van der Waals surface area contributed by atoms with Gasteiger partial charge in [0.05, 0.1) is 22.5 Å². The average Bonchev–Trinajstić information content (AvgIpc) is 3.21. The Morgan fingerprint density at radius 1 is 1.09 bits per heavy atom. The first kappa shape index (κ1) is 14.2. The largest absolute Gasteiger partial charge is 0.497 e. The van der Waals surface area contributed by atoms with Crippen molar-refractivity contribution in [2.75, 3.05) is 7.11 Å². The molecule has 23 heavy (non-hydrogen) atoms. The Morgan fingerprint density at radius 2 is 1.91 bits per heavy atom. The van der Waals surface area contributed by atoms with E-state index in [1.807, 2.05) is 42.5 Å². The maximum absolute atomic E-state index is 6.09. The number of thiophene rings is 1. The number of rotatable bonds is 3. The fraction of sp³-hybridized carbons (Fsp3) is 0.0588. The number of hydrogen-bond acceptors (Lipinski definition) is 4. The van der Waals surface area contributed by atoms with Crippen LogP contribution in [0.25, 0.3) is 32.7 Å². The van der Waals surface area contributed by atoms with Crippen molar-refractivity contribution < 1.29 is 4.74 Å². The summed E-state index contributed by atoms with van der Waals surface area (Å²) in [7, 11) is 1.66. The molecule has 0 fully saturated rings. The van der Waals surface area contributed by atoms with Crippen LogP contribution in [0.15, 0.2) is 48.7 Å². The summed E-state index contributed by atoms with van der Waals surface area (Å²) < 4.78 is 5.98.